The topological polar surface area (TPSA) is 55.1 Å². The Balaban J connectivity index is 2.69. The lowest BCUT2D eigenvalue weighted by molar-refractivity contribution is -0.116. The number of amides is 1. The van der Waals surface area contributed by atoms with Crippen molar-refractivity contribution in [2.24, 2.45) is 11.7 Å². The number of nitrogens with two attached hydrogens (primary N) is 1. The minimum Gasteiger partial charge on any atom is -0.327 e. The summed E-state index contributed by atoms with van der Waals surface area (Å²) in [5, 5.41) is 2.62. The Bertz CT molecular complexity index is 389. The molecular formula is C12H16ClFN2O. The zero-order chi connectivity index (χ0) is 13.0. The third-order valence-electron chi connectivity index (χ3n) is 2.50. The van der Waals surface area contributed by atoms with E-state index in [4.69, 9.17) is 17.3 Å². The largest absolute Gasteiger partial charge is 0.327 e. The first-order valence-corrected chi connectivity index (χ1v) is 5.79. The summed E-state index contributed by atoms with van der Waals surface area (Å²) in [4.78, 5) is 11.6. The number of hydrogen-bond acceptors (Lipinski definition) is 2. The minimum atomic E-state index is -0.552. The normalized spacial score (nSPS) is 12.6. The van der Waals surface area contributed by atoms with Crippen molar-refractivity contribution in [3.05, 3.63) is 29.0 Å². The lowest BCUT2D eigenvalue weighted by Gasteiger charge is -2.15. The smallest absolute Gasteiger partial charge is 0.226 e. The second kappa shape index (κ2) is 5.98. The molecule has 0 heterocycles. The van der Waals surface area contributed by atoms with Crippen molar-refractivity contribution in [1.29, 1.82) is 0 Å². The Morgan fingerprint density at radius 3 is 2.71 bits per heavy atom. The molecule has 0 radical (unpaired) electrons. The highest BCUT2D eigenvalue weighted by Crippen LogP contribution is 2.24. The molecule has 0 bridgehead atoms. The standard InChI is InChI=1S/C12H16ClFN2O/c1-7(2)10(15)6-11(17)16-12-8(13)4-3-5-9(12)14/h3-5,7,10H,6,15H2,1-2H3,(H,16,17). The van der Waals surface area contributed by atoms with Gasteiger partial charge in [-0.25, -0.2) is 4.39 Å². The van der Waals surface area contributed by atoms with Gasteiger partial charge in [-0.05, 0) is 18.1 Å². The zero-order valence-electron chi connectivity index (χ0n) is 9.84. The first-order chi connectivity index (χ1) is 7.91. The predicted octanol–water partition coefficient (Wildman–Crippen LogP) is 2.79. The van der Waals surface area contributed by atoms with Crippen LogP contribution in [0.25, 0.3) is 0 Å². The molecule has 94 valence electrons. The fraction of sp³-hybridized carbons (Fsp3) is 0.417. The Hall–Kier alpha value is -1.13. The highest BCUT2D eigenvalue weighted by molar-refractivity contribution is 6.33. The lowest BCUT2D eigenvalue weighted by Crippen LogP contribution is -2.31. The van der Waals surface area contributed by atoms with Crippen LogP contribution in [0.4, 0.5) is 10.1 Å². The zero-order valence-corrected chi connectivity index (χ0v) is 10.6. The number of nitrogens with one attached hydrogen (secondary N) is 1. The van der Waals surface area contributed by atoms with Gasteiger partial charge in [0.1, 0.15) is 5.82 Å². The van der Waals surface area contributed by atoms with E-state index in [9.17, 15) is 9.18 Å². The van der Waals surface area contributed by atoms with E-state index in [2.05, 4.69) is 5.32 Å². The monoisotopic (exact) mass is 258 g/mol. The van der Waals surface area contributed by atoms with Crippen molar-refractivity contribution in [2.75, 3.05) is 5.32 Å². The summed E-state index contributed by atoms with van der Waals surface area (Å²) in [5.41, 5.74) is 5.77. The summed E-state index contributed by atoms with van der Waals surface area (Å²) in [6.07, 6.45) is 0.141. The maximum absolute atomic E-state index is 13.4. The molecule has 0 aliphatic rings. The molecule has 0 aromatic heterocycles. The van der Waals surface area contributed by atoms with Gasteiger partial charge in [0.25, 0.3) is 0 Å². The first-order valence-electron chi connectivity index (χ1n) is 5.41. The quantitative estimate of drug-likeness (QED) is 0.873. The molecule has 0 aliphatic heterocycles. The molecule has 0 spiro atoms. The first kappa shape index (κ1) is 13.9. The maximum atomic E-state index is 13.4. The van der Waals surface area contributed by atoms with Crippen molar-refractivity contribution in [2.45, 2.75) is 26.3 Å². The van der Waals surface area contributed by atoms with Gasteiger partial charge in [0.15, 0.2) is 0 Å². The van der Waals surface area contributed by atoms with E-state index in [-0.39, 0.29) is 35.0 Å². The number of carbonyl (C=O) groups excluding carboxylic acids is 1. The Morgan fingerprint density at radius 1 is 1.53 bits per heavy atom. The summed E-state index contributed by atoms with van der Waals surface area (Å²) in [6.45, 7) is 3.85. The van der Waals surface area contributed by atoms with Gasteiger partial charge in [-0.3, -0.25) is 4.79 Å². The molecular weight excluding hydrogens is 243 g/mol. The molecule has 1 aromatic carbocycles. The molecule has 0 aliphatic carbocycles. The number of anilines is 1. The van der Waals surface area contributed by atoms with Gasteiger partial charge < -0.3 is 11.1 Å². The predicted molar refractivity (Wildman–Crippen MR) is 67.5 cm³/mol. The van der Waals surface area contributed by atoms with Gasteiger partial charge in [0.05, 0.1) is 10.7 Å². The Labute approximate surface area is 105 Å². The SMILES string of the molecule is CC(C)C(N)CC(=O)Nc1c(F)cccc1Cl. The van der Waals surface area contributed by atoms with Crippen LogP contribution >= 0.6 is 11.6 Å². The molecule has 0 saturated heterocycles. The van der Waals surface area contributed by atoms with Crippen LogP contribution in [0.3, 0.4) is 0 Å². The fourth-order valence-corrected chi connectivity index (χ4v) is 1.47. The van der Waals surface area contributed by atoms with Gasteiger partial charge in [0.2, 0.25) is 5.91 Å². The molecule has 17 heavy (non-hydrogen) atoms. The van der Waals surface area contributed by atoms with E-state index >= 15 is 0 Å². The number of halogens is 2. The van der Waals surface area contributed by atoms with Gasteiger partial charge in [-0.1, -0.05) is 31.5 Å². The molecule has 1 rings (SSSR count). The van der Waals surface area contributed by atoms with Crippen molar-refractivity contribution in [1.82, 2.24) is 0 Å². The van der Waals surface area contributed by atoms with E-state index in [0.717, 1.165) is 0 Å². The van der Waals surface area contributed by atoms with Crippen LogP contribution in [0.5, 0.6) is 0 Å². The molecule has 3 N–H and O–H groups in total. The van der Waals surface area contributed by atoms with Crippen LogP contribution in [-0.4, -0.2) is 11.9 Å². The third-order valence-corrected chi connectivity index (χ3v) is 2.82. The van der Waals surface area contributed by atoms with Crippen LogP contribution in [0, 0.1) is 11.7 Å². The Morgan fingerprint density at radius 2 is 2.18 bits per heavy atom. The van der Waals surface area contributed by atoms with E-state index in [1.54, 1.807) is 0 Å². The average molecular weight is 259 g/mol. The van der Waals surface area contributed by atoms with Gasteiger partial charge >= 0.3 is 0 Å². The van der Waals surface area contributed by atoms with E-state index in [0.29, 0.717) is 0 Å². The summed E-state index contributed by atoms with van der Waals surface area (Å²) >= 11 is 5.79. The number of para-hydroxylation sites is 1. The maximum Gasteiger partial charge on any atom is 0.226 e. The molecule has 0 saturated carbocycles. The molecule has 1 unspecified atom stereocenters. The number of hydrogen-bond donors (Lipinski definition) is 2. The molecule has 1 amide bonds. The van der Waals surface area contributed by atoms with Gasteiger partial charge in [0, 0.05) is 12.5 Å². The minimum absolute atomic E-state index is 0.00937. The van der Waals surface area contributed by atoms with Crippen molar-refractivity contribution in [3.63, 3.8) is 0 Å². The van der Waals surface area contributed by atoms with Crippen molar-refractivity contribution in [3.8, 4) is 0 Å². The van der Waals surface area contributed by atoms with Gasteiger partial charge in [-0.15, -0.1) is 0 Å². The Kier molecular flexibility index (Phi) is 4.90. The summed E-state index contributed by atoms with van der Waals surface area (Å²) in [6, 6.07) is 3.99. The molecule has 1 atom stereocenters. The average Bonchev–Trinajstić information content (AvgIpc) is 2.23. The van der Waals surface area contributed by atoms with Crippen LogP contribution in [-0.2, 0) is 4.79 Å². The highest BCUT2D eigenvalue weighted by atomic mass is 35.5. The second-order valence-corrected chi connectivity index (χ2v) is 4.66. The number of carbonyl (C=O) groups is 1. The summed E-state index contributed by atoms with van der Waals surface area (Å²) in [7, 11) is 0. The molecule has 1 aromatic rings. The second-order valence-electron chi connectivity index (χ2n) is 4.26. The third kappa shape index (κ3) is 3.98. The summed E-state index contributed by atoms with van der Waals surface area (Å²) in [5.74, 6) is -0.695. The van der Waals surface area contributed by atoms with E-state index in [1.807, 2.05) is 13.8 Å². The number of rotatable bonds is 4. The molecule has 3 nitrogen and oxygen atoms in total. The van der Waals surface area contributed by atoms with Crippen LogP contribution in [0.1, 0.15) is 20.3 Å². The van der Waals surface area contributed by atoms with Crippen LogP contribution in [0.2, 0.25) is 5.02 Å². The van der Waals surface area contributed by atoms with Crippen molar-refractivity contribution >= 4 is 23.2 Å². The summed E-state index contributed by atoms with van der Waals surface area (Å²) < 4.78 is 13.4. The number of benzene rings is 1. The van der Waals surface area contributed by atoms with E-state index < -0.39 is 5.82 Å². The highest BCUT2D eigenvalue weighted by Gasteiger charge is 2.15. The lowest BCUT2D eigenvalue weighted by atomic mass is 10.0. The molecule has 5 heteroatoms. The van der Waals surface area contributed by atoms with Gasteiger partial charge in [-0.2, -0.15) is 0 Å². The van der Waals surface area contributed by atoms with Crippen LogP contribution < -0.4 is 11.1 Å². The van der Waals surface area contributed by atoms with Crippen molar-refractivity contribution < 1.29 is 9.18 Å². The van der Waals surface area contributed by atoms with Crippen LogP contribution in [0.15, 0.2) is 18.2 Å². The molecule has 0 fully saturated rings. The van der Waals surface area contributed by atoms with E-state index in [1.165, 1.54) is 18.2 Å². The fourth-order valence-electron chi connectivity index (χ4n) is 1.26.